The smallest absolute Gasteiger partial charge is 0 e. The van der Waals surface area contributed by atoms with Gasteiger partial charge >= 0.3 is 50.8 Å². The summed E-state index contributed by atoms with van der Waals surface area (Å²) in [6.07, 6.45) is 0. The molecule has 0 atom stereocenters. The Labute approximate surface area is 194 Å². The van der Waals surface area contributed by atoms with Gasteiger partial charge in [-0.25, -0.2) is 24.3 Å². The molecule has 0 aliphatic carbocycles. The molecule has 2 radical (unpaired) electrons. The maximum absolute atomic E-state index is 2.90. The van der Waals surface area contributed by atoms with Gasteiger partial charge in [-0.2, -0.15) is 35.4 Å². The summed E-state index contributed by atoms with van der Waals surface area (Å²) >= 11 is 2.90. The van der Waals surface area contributed by atoms with Crippen LogP contribution in [0.4, 0.5) is 0 Å². The molecular formula is C24H31SeY-2. The van der Waals surface area contributed by atoms with Crippen LogP contribution in [0, 0.1) is 0 Å². The molecule has 0 heterocycles. The van der Waals surface area contributed by atoms with Crippen LogP contribution in [0.15, 0.2) is 78.9 Å². The Morgan fingerprint density at radius 3 is 1.04 bits per heavy atom. The fourth-order valence-corrected chi connectivity index (χ4v) is 2.50. The second-order valence-corrected chi connectivity index (χ2v) is 9.15. The van der Waals surface area contributed by atoms with E-state index in [0.29, 0.717) is 10.8 Å². The normalized spacial score (nSPS) is 10.5. The first-order valence-corrected chi connectivity index (χ1v) is 9.63. The van der Waals surface area contributed by atoms with Crippen LogP contribution in [0.2, 0.25) is 0 Å². The third-order valence-corrected chi connectivity index (χ3v) is 4.37. The Hall–Kier alpha value is -0.457. The Morgan fingerprint density at radius 2 is 0.885 bits per heavy atom. The summed E-state index contributed by atoms with van der Waals surface area (Å²) in [5.41, 5.74) is 3.48. The first-order chi connectivity index (χ1) is 11.6. The number of rotatable bonds is 0. The van der Waals surface area contributed by atoms with Gasteiger partial charge in [0.05, 0.1) is 0 Å². The predicted molar refractivity (Wildman–Crippen MR) is 113 cm³/mol. The van der Waals surface area contributed by atoms with Crippen molar-refractivity contribution >= 4 is 20.5 Å². The predicted octanol–water partition coefficient (Wildman–Crippen LogP) is 5.88. The van der Waals surface area contributed by atoms with Crippen molar-refractivity contribution in [3.05, 3.63) is 90.0 Å². The molecule has 3 aromatic carbocycles. The summed E-state index contributed by atoms with van der Waals surface area (Å²) in [5.74, 6) is 0. The average molecular weight is 487 g/mol. The van der Waals surface area contributed by atoms with Gasteiger partial charge in [0.2, 0.25) is 0 Å². The van der Waals surface area contributed by atoms with Crippen molar-refractivity contribution in [2.24, 2.45) is 0 Å². The molecule has 26 heavy (non-hydrogen) atoms. The number of benzene rings is 1. The van der Waals surface area contributed by atoms with Gasteiger partial charge in [0.25, 0.3) is 0 Å². The van der Waals surface area contributed by atoms with Crippen LogP contribution in [0.1, 0.15) is 52.7 Å². The van der Waals surface area contributed by atoms with E-state index in [1.165, 1.54) is 15.6 Å². The maximum Gasteiger partial charge on any atom is 0 e. The molecule has 0 amide bonds. The van der Waals surface area contributed by atoms with Crippen LogP contribution in [-0.2, 0) is 43.5 Å². The van der Waals surface area contributed by atoms with Crippen LogP contribution in [0.25, 0.3) is 0 Å². The molecule has 3 aromatic rings. The quantitative estimate of drug-likeness (QED) is 0.274. The van der Waals surface area contributed by atoms with Gasteiger partial charge in [0, 0.05) is 32.7 Å². The summed E-state index contributed by atoms with van der Waals surface area (Å²) in [4.78, 5) is 0. The zero-order valence-electron chi connectivity index (χ0n) is 17.0. The maximum atomic E-state index is 2.90. The molecule has 3 rings (SSSR count). The van der Waals surface area contributed by atoms with E-state index in [-0.39, 0.29) is 32.7 Å². The molecule has 0 nitrogen and oxygen atoms in total. The van der Waals surface area contributed by atoms with E-state index in [2.05, 4.69) is 106 Å². The van der Waals surface area contributed by atoms with Gasteiger partial charge in [-0.05, 0) is 0 Å². The van der Waals surface area contributed by atoms with Crippen molar-refractivity contribution in [2.45, 2.75) is 52.4 Å². The van der Waals surface area contributed by atoms with Crippen molar-refractivity contribution in [3.63, 3.8) is 0 Å². The fourth-order valence-electron chi connectivity index (χ4n) is 2.17. The first-order valence-electron chi connectivity index (χ1n) is 8.77. The second kappa shape index (κ2) is 12.1. The molecular weight excluding hydrogens is 456 g/mol. The molecule has 0 saturated carbocycles. The third kappa shape index (κ3) is 10.6. The van der Waals surface area contributed by atoms with Crippen molar-refractivity contribution in [1.82, 2.24) is 0 Å². The molecule has 2 heteroatoms. The van der Waals surface area contributed by atoms with E-state index >= 15 is 0 Å². The molecule has 0 aliphatic heterocycles. The minimum absolute atomic E-state index is 0. The molecule has 0 spiro atoms. The average Bonchev–Trinajstić information content (AvgIpc) is 3.22. The van der Waals surface area contributed by atoms with Crippen molar-refractivity contribution in [3.8, 4) is 0 Å². The van der Waals surface area contributed by atoms with E-state index in [4.69, 9.17) is 0 Å². The molecule has 0 N–H and O–H groups in total. The van der Waals surface area contributed by atoms with Crippen LogP contribution >= 0.6 is 0 Å². The van der Waals surface area contributed by atoms with Gasteiger partial charge in [-0.3, -0.25) is 0 Å². The number of hydrogen-bond acceptors (Lipinski definition) is 0. The van der Waals surface area contributed by atoms with Gasteiger partial charge in [0.15, 0.2) is 0 Å². The summed E-state index contributed by atoms with van der Waals surface area (Å²) < 4.78 is 1.20. The van der Waals surface area contributed by atoms with E-state index in [9.17, 15) is 0 Å². The fraction of sp³-hybridized carbons (Fsp3) is 0.333. The molecule has 138 valence electrons. The monoisotopic (exact) mass is 488 g/mol. The van der Waals surface area contributed by atoms with E-state index < -0.39 is 0 Å². The van der Waals surface area contributed by atoms with Crippen molar-refractivity contribution in [2.75, 3.05) is 0 Å². The summed E-state index contributed by atoms with van der Waals surface area (Å²) in [7, 11) is 0. The van der Waals surface area contributed by atoms with Gasteiger partial charge in [-0.1, -0.05) is 52.4 Å². The third-order valence-electron chi connectivity index (χ3n) is 3.80. The molecule has 0 aliphatic rings. The molecule has 0 aromatic heterocycles. The van der Waals surface area contributed by atoms with Crippen LogP contribution in [0.5, 0.6) is 0 Å². The van der Waals surface area contributed by atoms with Crippen molar-refractivity contribution < 1.29 is 32.7 Å². The van der Waals surface area contributed by atoms with Crippen molar-refractivity contribution in [1.29, 1.82) is 0 Å². The van der Waals surface area contributed by atoms with Gasteiger partial charge in [0.1, 0.15) is 0 Å². The summed E-state index contributed by atoms with van der Waals surface area (Å²) in [6.45, 7) is 13.3. The number of hydrogen-bond donors (Lipinski definition) is 0. The van der Waals surface area contributed by atoms with Crippen LogP contribution in [-0.4, -0.2) is 16.0 Å². The minimum atomic E-state index is 0. The zero-order valence-corrected chi connectivity index (χ0v) is 21.5. The Kier molecular flexibility index (Phi) is 11.9. The van der Waals surface area contributed by atoms with Gasteiger partial charge < -0.3 is 0 Å². The summed E-state index contributed by atoms with van der Waals surface area (Å²) in [6, 6.07) is 27.1. The molecule has 0 bridgehead atoms. The SMILES string of the molecule is CC(C)(C)[c-]1cccc1.CC(C)(C)[c-]1cccc1.[Se]c1ccccc1.[Y]. The largest absolute Gasteiger partial charge is 0 e. The molecule has 0 fully saturated rings. The van der Waals surface area contributed by atoms with Crippen LogP contribution in [0.3, 0.4) is 0 Å². The molecule has 0 saturated heterocycles. The first kappa shape index (κ1) is 25.5. The Morgan fingerprint density at radius 1 is 0.577 bits per heavy atom. The van der Waals surface area contributed by atoms with E-state index in [0.717, 1.165) is 0 Å². The van der Waals surface area contributed by atoms with Crippen LogP contribution < -0.4 is 4.46 Å². The standard InChI is InChI=1S/2C9H13.C6H5Se.Y/c2*1-9(2,3)8-6-4-5-7-8;7-6-4-2-1-3-5-6;/h2*4-7H,1-3H3;1-5H;/q2*-1;;. The Bertz CT molecular complexity index is 622. The van der Waals surface area contributed by atoms with Gasteiger partial charge in [-0.15, -0.1) is 0 Å². The zero-order chi connectivity index (χ0) is 18.9. The molecule has 0 unspecified atom stereocenters. The van der Waals surface area contributed by atoms with E-state index in [1.807, 2.05) is 30.3 Å². The minimum Gasteiger partial charge on any atom is 0 e. The second-order valence-electron chi connectivity index (χ2n) is 8.16. The topological polar surface area (TPSA) is 0 Å². The Balaban J connectivity index is 0.000000357. The summed E-state index contributed by atoms with van der Waals surface area (Å²) in [5, 5.41) is 0. The van der Waals surface area contributed by atoms with E-state index in [1.54, 1.807) is 0 Å².